The normalized spacial score (nSPS) is 11.0. The molecule has 33 heavy (non-hydrogen) atoms. The standard InChI is InChI=1S/C27H23N5O/c1-3-32-25-21(17-29-27(31-25)30-22-9-5-4-6-10-22)15-24(26(32)33)23-12-11-19(14-18(23)2)20-8-7-13-28-16-20/h4-17H,3H2,1-2H3,(H,29,30,31). The molecule has 5 aromatic rings. The van der Waals surface area contributed by atoms with Gasteiger partial charge in [-0.05, 0) is 60.4 Å². The van der Waals surface area contributed by atoms with Crippen molar-refractivity contribution in [2.75, 3.05) is 5.32 Å². The summed E-state index contributed by atoms with van der Waals surface area (Å²) >= 11 is 0. The Hall–Kier alpha value is -4.32. The molecule has 0 aliphatic carbocycles. The van der Waals surface area contributed by atoms with Gasteiger partial charge in [0.15, 0.2) is 0 Å². The molecule has 2 aromatic carbocycles. The zero-order valence-corrected chi connectivity index (χ0v) is 18.5. The Labute approximate surface area is 191 Å². The summed E-state index contributed by atoms with van der Waals surface area (Å²) in [6.07, 6.45) is 5.37. The zero-order valence-electron chi connectivity index (χ0n) is 18.5. The fourth-order valence-electron chi connectivity index (χ4n) is 4.04. The molecule has 0 aliphatic heterocycles. The van der Waals surface area contributed by atoms with Gasteiger partial charge in [0.1, 0.15) is 5.65 Å². The molecule has 6 heteroatoms. The summed E-state index contributed by atoms with van der Waals surface area (Å²) < 4.78 is 1.71. The summed E-state index contributed by atoms with van der Waals surface area (Å²) in [6.45, 7) is 4.49. The monoisotopic (exact) mass is 433 g/mol. The summed E-state index contributed by atoms with van der Waals surface area (Å²) in [5.41, 5.74) is 6.14. The van der Waals surface area contributed by atoms with Gasteiger partial charge < -0.3 is 5.32 Å². The number of fused-ring (bicyclic) bond motifs is 1. The van der Waals surface area contributed by atoms with Crippen LogP contribution in [0.3, 0.4) is 0 Å². The largest absolute Gasteiger partial charge is 0.324 e. The maximum Gasteiger partial charge on any atom is 0.260 e. The minimum Gasteiger partial charge on any atom is -0.324 e. The van der Waals surface area contributed by atoms with Gasteiger partial charge in [-0.1, -0.05) is 42.5 Å². The molecular weight excluding hydrogens is 410 g/mol. The number of aromatic nitrogens is 4. The third kappa shape index (κ3) is 3.99. The average molecular weight is 434 g/mol. The van der Waals surface area contributed by atoms with E-state index in [1.165, 1.54) is 0 Å². The topological polar surface area (TPSA) is 72.7 Å². The highest BCUT2D eigenvalue weighted by Gasteiger charge is 2.15. The number of nitrogens with one attached hydrogen (secondary N) is 1. The van der Waals surface area contributed by atoms with Crippen molar-refractivity contribution in [3.05, 3.63) is 101 Å². The van der Waals surface area contributed by atoms with Gasteiger partial charge in [-0.25, -0.2) is 4.98 Å². The van der Waals surface area contributed by atoms with Gasteiger partial charge >= 0.3 is 0 Å². The average Bonchev–Trinajstić information content (AvgIpc) is 2.85. The second-order valence-corrected chi connectivity index (χ2v) is 7.84. The summed E-state index contributed by atoms with van der Waals surface area (Å²) in [7, 11) is 0. The molecule has 0 spiro atoms. The number of hydrogen-bond donors (Lipinski definition) is 1. The third-order valence-electron chi connectivity index (χ3n) is 5.68. The molecule has 0 radical (unpaired) electrons. The van der Waals surface area contributed by atoms with Crippen molar-refractivity contribution in [2.24, 2.45) is 0 Å². The Bertz CT molecular complexity index is 1490. The number of anilines is 2. The Balaban J connectivity index is 1.59. The predicted molar refractivity (Wildman–Crippen MR) is 133 cm³/mol. The smallest absolute Gasteiger partial charge is 0.260 e. The second kappa shape index (κ2) is 8.67. The van der Waals surface area contributed by atoms with Gasteiger partial charge in [-0.15, -0.1) is 0 Å². The van der Waals surface area contributed by atoms with Crippen LogP contribution < -0.4 is 10.9 Å². The van der Waals surface area contributed by atoms with E-state index in [0.717, 1.165) is 33.3 Å². The van der Waals surface area contributed by atoms with E-state index >= 15 is 0 Å². The highest BCUT2D eigenvalue weighted by Crippen LogP contribution is 2.28. The van der Waals surface area contributed by atoms with Crippen LogP contribution in [0.4, 0.5) is 11.6 Å². The van der Waals surface area contributed by atoms with E-state index in [9.17, 15) is 4.79 Å². The molecule has 1 N–H and O–H groups in total. The second-order valence-electron chi connectivity index (χ2n) is 7.84. The highest BCUT2D eigenvalue weighted by molar-refractivity contribution is 5.83. The molecule has 0 amide bonds. The van der Waals surface area contributed by atoms with Crippen molar-refractivity contribution in [2.45, 2.75) is 20.4 Å². The van der Waals surface area contributed by atoms with Crippen LogP contribution in [0.15, 0.2) is 90.1 Å². The molecule has 5 rings (SSSR count). The quantitative estimate of drug-likeness (QED) is 0.391. The molecule has 3 heterocycles. The van der Waals surface area contributed by atoms with Crippen LogP contribution >= 0.6 is 0 Å². The summed E-state index contributed by atoms with van der Waals surface area (Å²) in [5, 5.41) is 4.02. The number of rotatable bonds is 5. The van der Waals surface area contributed by atoms with Crippen LogP contribution in [0.5, 0.6) is 0 Å². The summed E-state index contributed by atoms with van der Waals surface area (Å²) in [6, 6.07) is 21.7. The number of benzene rings is 2. The number of aryl methyl sites for hydroxylation is 2. The van der Waals surface area contributed by atoms with Crippen LogP contribution in [0, 0.1) is 6.92 Å². The van der Waals surface area contributed by atoms with Crippen molar-refractivity contribution in [1.29, 1.82) is 0 Å². The van der Waals surface area contributed by atoms with Crippen molar-refractivity contribution in [3.63, 3.8) is 0 Å². The van der Waals surface area contributed by atoms with Crippen LogP contribution in [-0.2, 0) is 6.54 Å². The van der Waals surface area contributed by atoms with Gasteiger partial charge in [-0.3, -0.25) is 14.3 Å². The summed E-state index contributed by atoms with van der Waals surface area (Å²) in [5.74, 6) is 0.458. The van der Waals surface area contributed by atoms with Gasteiger partial charge in [0.05, 0.1) is 0 Å². The minimum atomic E-state index is -0.0633. The van der Waals surface area contributed by atoms with Gasteiger partial charge in [0.25, 0.3) is 5.56 Å². The lowest BCUT2D eigenvalue weighted by Crippen LogP contribution is -2.22. The SMILES string of the molecule is CCn1c(=O)c(-c2ccc(-c3cccnc3)cc2C)cc2cnc(Nc3ccccc3)nc21. The Morgan fingerprint density at radius 1 is 0.909 bits per heavy atom. The molecule has 0 saturated heterocycles. The van der Waals surface area contributed by atoms with Crippen LogP contribution in [0.1, 0.15) is 12.5 Å². The van der Waals surface area contributed by atoms with Crippen molar-refractivity contribution >= 4 is 22.7 Å². The van der Waals surface area contributed by atoms with E-state index in [-0.39, 0.29) is 5.56 Å². The molecule has 162 valence electrons. The van der Waals surface area contributed by atoms with E-state index in [2.05, 4.69) is 26.3 Å². The fraction of sp³-hybridized carbons (Fsp3) is 0.111. The third-order valence-corrected chi connectivity index (χ3v) is 5.68. The van der Waals surface area contributed by atoms with Crippen molar-refractivity contribution in [3.8, 4) is 22.3 Å². The highest BCUT2D eigenvalue weighted by atomic mass is 16.1. The predicted octanol–water partition coefficient (Wildman–Crippen LogP) is 5.59. The first-order valence-electron chi connectivity index (χ1n) is 10.9. The fourth-order valence-corrected chi connectivity index (χ4v) is 4.04. The van der Waals surface area contributed by atoms with Crippen molar-refractivity contribution < 1.29 is 0 Å². The van der Waals surface area contributed by atoms with Crippen molar-refractivity contribution in [1.82, 2.24) is 19.5 Å². The Morgan fingerprint density at radius 3 is 2.48 bits per heavy atom. The van der Waals surface area contributed by atoms with E-state index < -0.39 is 0 Å². The first-order valence-corrected chi connectivity index (χ1v) is 10.9. The zero-order chi connectivity index (χ0) is 22.8. The summed E-state index contributed by atoms with van der Waals surface area (Å²) in [4.78, 5) is 26.8. The molecule has 0 saturated carbocycles. The molecule has 0 fully saturated rings. The van der Waals surface area contributed by atoms with Gasteiger partial charge in [0.2, 0.25) is 5.95 Å². The number of nitrogens with zero attached hydrogens (tertiary/aromatic N) is 4. The maximum absolute atomic E-state index is 13.5. The number of para-hydroxylation sites is 1. The van der Waals surface area contributed by atoms with Crippen LogP contribution in [0.2, 0.25) is 0 Å². The van der Waals surface area contributed by atoms with E-state index in [1.807, 2.05) is 80.7 Å². The molecule has 0 bridgehead atoms. The maximum atomic E-state index is 13.5. The molecule has 0 unspecified atom stereocenters. The lowest BCUT2D eigenvalue weighted by atomic mass is 9.96. The lowest BCUT2D eigenvalue weighted by molar-refractivity contribution is 0.750. The Morgan fingerprint density at radius 2 is 1.76 bits per heavy atom. The Kier molecular flexibility index (Phi) is 5.40. The number of pyridine rings is 2. The lowest BCUT2D eigenvalue weighted by Gasteiger charge is -2.14. The van der Waals surface area contributed by atoms with Crippen LogP contribution in [-0.4, -0.2) is 19.5 Å². The molecule has 0 aliphatic rings. The minimum absolute atomic E-state index is 0.0633. The first-order chi connectivity index (χ1) is 16.1. The van der Waals surface area contributed by atoms with Gasteiger partial charge in [-0.2, -0.15) is 4.98 Å². The van der Waals surface area contributed by atoms with E-state index in [4.69, 9.17) is 0 Å². The van der Waals surface area contributed by atoms with Gasteiger partial charge in [0, 0.05) is 41.8 Å². The van der Waals surface area contributed by atoms with Crippen LogP contribution in [0.25, 0.3) is 33.3 Å². The first kappa shape index (κ1) is 20.6. The molecule has 6 nitrogen and oxygen atoms in total. The molecule has 0 atom stereocenters. The molecule has 3 aromatic heterocycles. The number of hydrogen-bond acceptors (Lipinski definition) is 5. The molecular formula is C27H23N5O. The van der Waals surface area contributed by atoms with E-state index in [0.29, 0.717) is 23.7 Å². The van der Waals surface area contributed by atoms with E-state index in [1.54, 1.807) is 17.0 Å².